The molecule has 0 aromatic rings. The summed E-state index contributed by atoms with van der Waals surface area (Å²) < 4.78 is 0. The van der Waals surface area contributed by atoms with Crippen LogP contribution in [-0.2, 0) is 4.79 Å². The molecule has 1 saturated carbocycles. The highest BCUT2D eigenvalue weighted by Crippen LogP contribution is 2.28. The van der Waals surface area contributed by atoms with Crippen molar-refractivity contribution in [3.63, 3.8) is 0 Å². The number of rotatable bonds is 8. The fourth-order valence-corrected chi connectivity index (χ4v) is 2.91. The van der Waals surface area contributed by atoms with Gasteiger partial charge in [-0.3, -0.25) is 4.79 Å². The zero-order chi connectivity index (χ0) is 12.5. The van der Waals surface area contributed by atoms with Gasteiger partial charge in [0, 0.05) is 0 Å². The summed E-state index contributed by atoms with van der Waals surface area (Å²) in [5.74, 6) is 1.28. The molecule has 0 saturated heterocycles. The van der Waals surface area contributed by atoms with Crippen LogP contribution < -0.4 is 5.32 Å². The predicted molar refractivity (Wildman–Crippen MR) is 73.6 cm³/mol. The summed E-state index contributed by atoms with van der Waals surface area (Å²) in [6.07, 6.45) is 8.59. The summed E-state index contributed by atoms with van der Waals surface area (Å²) in [7, 11) is 0. The summed E-state index contributed by atoms with van der Waals surface area (Å²) in [6, 6.07) is 0. The van der Waals surface area contributed by atoms with Crippen LogP contribution in [0, 0.1) is 11.8 Å². The predicted octanol–water partition coefficient (Wildman–Crippen LogP) is 2.61. The third-order valence-electron chi connectivity index (χ3n) is 3.58. The van der Waals surface area contributed by atoms with E-state index in [1.807, 2.05) is 11.8 Å². The fourth-order valence-electron chi connectivity index (χ4n) is 2.42. The van der Waals surface area contributed by atoms with Crippen molar-refractivity contribution in [3.05, 3.63) is 0 Å². The van der Waals surface area contributed by atoms with Crippen molar-refractivity contribution in [1.29, 1.82) is 0 Å². The zero-order valence-corrected chi connectivity index (χ0v) is 11.6. The molecular formula is C13H25NO2S. The average Bonchev–Trinajstić information content (AvgIpc) is 2.34. The van der Waals surface area contributed by atoms with Crippen molar-refractivity contribution in [2.24, 2.45) is 11.8 Å². The van der Waals surface area contributed by atoms with Crippen molar-refractivity contribution in [2.45, 2.75) is 38.5 Å². The quantitative estimate of drug-likeness (QED) is 0.658. The van der Waals surface area contributed by atoms with Gasteiger partial charge in [0.25, 0.3) is 0 Å². The summed E-state index contributed by atoms with van der Waals surface area (Å²) >= 11 is 1.91. The highest BCUT2D eigenvalue weighted by atomic mass is 32.2. The molecule has 0 atom stereocenters. The Morgan fingerprint density at radius 1 is 1.29 bits per heavy atom. The summed E-state index contributed by atoms with van der Waals surface area (Å²) in [6.45, 7) is 2.19. The van der Waals surface area contributed by atoms with Gasteiger partial charge in [0.2, 0.25) is 0 Å². The highest BCUT2D eigenvalue weighted by Gasteiger charge is 2.25. The molecule has 3 nitrogen and oxygen atoms in total. The largest absolute Gasteiger partial charge is 0.481 e. The number of hydrogen-bond donors (Lipinski definition) is 2. The maximum Gasteiger partial charge on any atom is 0.306 e. The van der Waals surface area contributed by atoms with Crippen LogP contribution in [0.3, 0.4) is 0 Å². The molecule has 0 radical (unpaired) electrons. The molecule has 1 aliphatic carbocycles. The molecule has 100 valence electrons. The normalized spacial score (nSPS) is 24.8. The first kappa shape index (κ1) is 14.8. The zero-order valence-electron chi connectivity index (χ0n) is 10.8. The van der Waals surface area contributed by atoms with Gasteiger partial charge in [-0.25, -0.2) is 0 Å². The highest BCUT2D eigenvalue weighted by molar-refractivity contribution is 7.98. The Balaban J connectivity index is 1.97. The van der Waals surface area contributed by atoms with Crippen LogP contribution >= 0.6 is 11.8 Å². The van der Waals surface area contributed by atoms with Crippen molar-refractivity contribution in [2.75, 3.05) is 25.1 Å². The molecule has 0 aliphatic heterocycles. The SMILES string of the molecule is CSCCCCNCC1CCC(C(=O)O)CC1. The first-order valence-corrected chi connectivity index (χ1v) is 8.06. The second-order valence-corrected chi connectivity index (χ2v) is 5.95. The van der Waals surface area contributed by atoms with E-state index in [1.54, 1.807) is 0 Å². The van der Waals surface area contributed by atoms with Gasteiger partial charge in [0.05, 0.1) is 5.92 Å². The smallest absolute Gasteiger partial charge is 0.306 e. The molecule has 1 fully saturated rings. The van der Waals surface area contributed by atoms with Crippen molar-refractivity contribution >= 4 is 17.7 Å². The van der Waals surface area contributed by atoms with Crippen LogP contribution in [0.2, 0.25) is 0 Å². The minimum absolute atomic E-state index is 0.0761. The lowest BCUT2D eigenvalue weighted by molar-refractivity contribution is -0.143. The molecule has 0 heterocycles. The van der Waals surface area contributed by atoms with Gasteiger partial charge in [0.15, 0.2) is 0 Å². The van der Waals surface area contributed by atoms with Crippen LogP contribution in [0.25, 0.3) is 0 Å². The van der Waals surface area contributed by atoms with Crippen LogP contribution in [0.4, 0.5) is 0 Å². The Kier molecular flexibility index (Phi) is 7.69. The van der Waals surface area contributed by atoms with Gasteiger partial charge in [-0.2, -0.15) is 11.8 Å². The number of unbranched alkanes of at least 4 members (excludes halogenated alkanes) is 1. The Morgan fingerprint density at radius 2 is 2.00 bits per heavy atom. The second-order valence-electron chi connectivity index (χ2n) is 4.96. The molecular weight excluding hydrogens is 234 g/mol. The molecule has 0 aromatic heterocycles. The van der Waals surface area contributed by atoms with E-state index < -0.39 is 5.97 Å². The van der Waals surface area contributed by atoms with Crippen LogP contribution in [0.5, 0.6) is 0 Å². The second kappa shape index (κ2) is 8.81. The number of carboxylic acid groups (broad SMARTS) is 1. The van der Waals surface area contributed by atoms with E-state index in [-0.39, 0.29) is 5.92 Å². The lowest BCUT2D eigenvalue weighted by Gasteiger charge is -2.26. The molecule has 1 rings (SSSR count). The monoisotopic (exact) mass is 259 g/mol. The third kappa shape index (κ3) is 6.32. The minimum atomic E-state index is -0.603. The lowest BCUT2D eigenvalue weighted by Crippen LogP contribution is -2.29. The molecule has 0 spiro atoms. The number of nitrogens with one attached hydrogen (secondary N) is 1. The topological polar surface area (TPSA) is 49.3 Å². The molecule has 0 aromatic carbocycles. The van der Waals surface area contributed by atoms with Gasteiger partial charge >= 0.3 is 5.97 Å². The van der Waals surface area contributed by atoms with Gasteiger partial charge in [0.1, 0.15) is 0 Å². The van der Waals surface area contributed by atoms with E-state index in [1.165, 1.54) is 18.6 Å². The molecule has 0 amide bonds. The van der Waals surface area contributed by atoms with E-state index >= 15 is 0 Å². The first-order valence-electron chi connectivity index (χ1n) is 6.66. The lowest BCUT2D eigenvalue weighted by atomic mass is 9.82. The van der Waals surface area contributed by atoms with Crippen molar-refractivity contribution < 1.29 is 9.90 Å². The number of carboxylic acids is 1. The number of thioether (sulfide) groups is 1. The standard InChI is InChI=1S/C13H25NO2S/c1-17-9-3-2-8-14-10-11-4-6-12(7-5-11)13(15)16/h11-12,14H,2-10H2,1H3,(H,15,16). The number of carbonyl (C=O) groups is 1. The van der Waals surface area contributed by atoms with E-state index in [4.69, 9.17) is 5.11 Å². The Labute approximate surface area is 109 Å². The number of hydrogen-bond acceptors (Lipinski definition) is 3. The Bertz CT molecular complexity index is 215. The van der Waals surface area contributed by atoms with E-state index in [9.17, 15) is 4.79 Å². The first-order chi connectivity index (χ1) is 8.24. The molecule has 0 bridgehead atoms. The maximum atomic E-state index is 10.8. The third-order valence-corrected chi connectivity index (χ3v) is 4.28. The van der Waals surface area contributed by atoms with Crippen molar-refractivity contribution in [3.8, 4) is 0 Å². The Morgan fingerprint density at radius 3 is 2.59 bits per heavy atom. The maximum absolute atomic E-state index is 10.8. The molecule has 2 N–H and O–H groups in total. The summed E-state index contributed by atoms with van der Waals surface area (Å²) in [4.78, 5) is 10.8. The number of aliphatic carboxylic acids is 1. The van der Waals surface area contributed by atoms with Gasteiger partial charge in [-0.05, 0) is 69.5 Å². The fraction of sp³-hybridized carbons (Fsp3) is 0.923. The van der Waals surface area contributed by atoms with Gasteiger partial charge in [-0.15, -0.1) is 0 Å². The van der Waals surface area contributed by atoms with E-state index in [0.29, 0.717) is 5.92 Å². The molecule has 17 heavy (non-hydrogen) atoms. The summed E-state index contributed by atoms with van der Waals surface area (Å²) in [5, 5.41) is 12.4. The van der Waals surface area contributed by atoms with Crippen LogP contribution in [0.15, 0.2) is 0 Å². The van der Waals surface area contributed by atoms with Crippen molar-refractivity contribution in [1.82, 2.24) is 5.32 Å². The molecule has 4 heteroatoms. The van der Waals surface area contributed by atoms with Crippen LogP contribution in [0.1, 0.15) is 38.5 Å². The Hall–Kier alpha value is -0.220. The average molecular weight is 259 g/mol. The van der Waals surface area contributed by atoms with E-state index in [0.717, 1.165) is 38.8 Å². The minimum Gasteiger partial charge on any atom is -0.481 e. The van der Waals surface area contributed by atoms with Gasteiger partial charge in [-0.1, -0.05) is 0 Å². The van der Waals surface area contributed by atoms with E-state index in [2.05, 4.69) is 11.6 Å². The van der Waals surface area contributed by atoms with Crippen LogP contribution in [-0.4, -0.2) is 36.2 Å². The summed E-state index contributed by atoms with van der Waals surface area (Å²) in [5.41, 5.74) is 0. The van der Waals surface area contributed by atoms with Gasteiger partial charge < -0.3 is 10.4 Å². The molecule has 0 unspecified atom stereocenters. The molecule has 1 aliphatic rings.